The van der Waals surface area contributed by atoms with Crippen LogP contribution < -0.4 is 0 Å². The van der Waals surface area contributed by atoms with Crippen molar-refractivity contribution < 1.29 is 19.4 Å². The summed E-state index contributed by atoms with van der Waals surface area (Å²) in [5.74, 6) is 0.114. The third kappa shape index (κ3) is 1.75. The van der Waals surface area contributed by atoms with Crippen LogP contribution in [0.2, 0.25) is 18.1 Å². The van der Waals surface area contributed by atoms with Crippen molar-refractivity contribution in [2.75, 3.05) is 13.2 Å². The highest BCUT2D eigenvalue weighted by atomic mass is 28.4. The number of aliphatic hydroxyl groups is 2. The lowest BCUT2D eigenvalue weighted by Gasteiger charge is -2.66. The molecule has 4 nitrogen and oxygen atoms in total. The Morgan fingerprint density at radius 2 is 1.90 bits per heavy atom. The SMILES string of the molecule is CC(C)(C)[Si](C)(C)OC[C@@]12CO[C@@]3(C)C[C@@H](O)[C@@H]1C[C@@]23O. The molecule has 0 aromatic carbocycles. The van der Waals surface area contributed by atoms with Gasteiger partial charge in [0, 0.05) is 18.9 Å². The van der Waals surface area contributed by atoms with Crippen molar-refractivity contribution in [2.24, 2.45) is 11.3 Å². The Kier molecular flexibility index (Phi) is 3.12. The second-order valence-corrected chi connectivity index (χ2v) is 14.0. The van der Waals surface area contributed by atoms with Crippen molar-refractivity contribution in [3.8, 4) is 0 Å². The molecule has 4 fully saturated rings. The van der Waals surface area contributed by atoms with Crippen LogP contribution in [0, 0.1) is 11.3 Å². The van der Waals surface area contributed by atoms with Crippen LogP contribution in [0.25, 0.3) is 0 Å². The quantitative estimate of drug-likeness (QED) is 0.785. The predicted octanol–water partition coefficient (Wildman–Crippen LogP) is 2.30. The van der Waals surface area contributed by atoms with Crippen molar-refractivity contribution in [1.82, 2.24) is 0 Å². The summed E-state index contributed by atoms with van der Waals surface area (Å²) in [5, 5.41) is 21.7. The molecular weight excluding hydrogens is 284 g/mol. The average molecular weight is 314 g/mol. The maximum atomic E-state index is 11.2. The van der Waals surface area contributed by atoms with Crippen LogP contribution in [0.3, 0.4) is 0 Å². The Hall–Kier alpha value is 0.0569. The zero-order valence-corrected chi connectivity index (χ0v) is 15.2. The molecule has 0 amide bonds. The first-order valence-electron chi connectivity index (χ1n) is 8.07. The molecule has 3 aliphatic carbocycles. The normalized spacial score (nSPS) is 49.1. The highest BCUT2D eigenvalue weighted by Gasteiger charge is 2.81. The number of aliphatic hydroxyl groups excluding tert-OH is 1. The molecule has 4 rings (SSSR count). The van der Waals surface area contributed by atoms with Gasteiger partial charge in [-0.25, -0.2) is 0 Å². The molecule has 2 N–H and O–H groups in total. The van der Waals surface area contributed by atoms with Crippen LogP contribution >= 0.6 is 0 Å². The summed E-state index contributed by atoms with van der Waals surface area (Å²) in [5.41, 5.74) is -1.85. The lowest BCUT2D eigenvalue weighted by atomic mass is 9.41. The van der Waals surface area contributed by atoms with E-state index in [-0.39, 0.29) is 17.1 Å². The molecule has 122 valence electrons. The molecule has 0 radical (unpaired) electrons. The fraction of sp³-hybridized carbons (Fsp3) is 1.00. The average Bonchev–Trinajstić information content (AvgIpc) is 2.41. The van der Waals surface area contributed by atoms with E-state index in [1.165, 1.54) is 0 Å². The van der Waals surface area contributed by atoms with E-state index in [0.29, 0.717) is 26.1 Å². The van der Waals surface area contributed by atoms with Crippen molar-refractivity contribution >= 4 is 8.32 Å². The first kappa shape index (κ1) is 15.9. The van der Waals surface area contributed by atoms with E-state index in [4.69, 9.17) is 9.16 Å². The Morgan fingerprint density at radius 3 is 2.48 bits per heavy atom. The molecule has 4 bridgehead atoms. The first-order chi connectivity index (χ1) is 9.39. The topological polar surface area (TPSA) is 58.9 Å². The van der Waals surface area contributed by atoms with E-state index in [2.05, 4.69) is 33.9 Å². The van der Waals surface area contributed by atoms with Gasteiger partial charge >= 0.3 is 0 Å². The molecule has 0 aromatic heterocycles. The van der Waals surface area contributed by atoms with E-state index in [1.54, 1.807) is 0 Å². The van der Waals surface area contributed by atoms with Gasteiger partial charge in [0.05, 0.1) is 23.7 Å². The molecule has 0 unspecified atom stereocenters. The molecular formula is C16H30O4Si. The van der Waals surface area contributed by atoms with E-state index in [9.17, 15) is 10.2 Å². The van der Waals surface area contributed by atoms with Gasteiger partial charge in [0.25, 0.3) is 0 Å². The molecule has 1 aliphatic heterocycles. The molecule has 5 heteroatoms. The van der Waals surface area contributed by atoms with Gasteiger partial charge in [-0.2, -0.15) is 0 Å². The van der Waals surface area contributed by atoms with Crippen molar-refractivity contribution in [1.29, 1.82) is 0 Å². The zero-order chi connectivity index (χ0) is 15.9. The molecule has 4 aliphatic rings. The van der Waals surface area contributed by atoms with E-state index in [0.717, 1.165) is 0 Å². The summed E-state index contributed by atoms with van der Waals surface area (Å²) in [6, 6.07) is 0. The van der Waals surface area contributed by atoms with E-state index < -0.39 is 24.9 Å². The standard InChI is InChI=1S/C16H30O4Si/c1-13(2,3)21(5,6)20-10-15-9-19-14(4)8-12(17)11(15)7-16(14,15)18/h11-12,17-18H,7-10H2,1-6H3/t11-,12+,14-,15-,16-/m0/s1. The number of rotatable bonds is 3. The largest absolute Gasteiger partial charge is 0.416 e. The smallest absolute Gasteiger partial charge is 0.192 e. The highest BCUT2D eigenvalue weighted by molar-refractivity contribution is 6.74. The predicted molar refractivity (Wildman–Crippen MR) is 83.6 cm³/mol. The van der Waals surface area contributed by atoms with E-state index in [1.807, 2.05) is 6.92 Å². The monoisotopic (exact) mass is 314 g/mol. The van der Waals surface area contributed by atoms with Gasteiger partial charge in [-0.15, -0.1) is 0 Å². The molecule has 5 atom stereocenters. The van der Waals surface area contributed by atoms with Crippen molar-refractivity contribution in [2.45, 2.75) is 76.0 Å². The molecule has 1 heterocycles. The van der Waals surface area contributed by atoms with Gasteiger partial charge in [0.15, 0.2) is 8.32 Å². The van der Waals surface area contributed by atoms with Crippen molar-refractivity contribution in [3.05, 3.63) is 0 Å². The van der Waals surface area contributed by atoms with Crippen LogP contribution in [0.4, 0.5) is 0 Å². The summed E-state index contributed by atoms with van der Waals surface area (Å²) in [7, 11) is -1.87. The maximum absolute atomic E-state index is 11.2. The summed E-state index contributed by atoms with van der Waals surface area (Å²) < 4.78 is 12.4. The fourth-order valence-corrected chi connectivity index (χ4v) is 5.39. The van der Waals surface area contributed by atoms with Crippen LogP contribution in [0.5, 0.6) is 0 Å². The Morgan fingerprint density at radius 1 is 1.29 bits per heavy atom. The van der Waals surface area contributed by atoms with Gasteiger partial charge in [-0.05, 0) is 31.5 Å². The maximum Gasteiger partial charge on any atom is 0.192 e. The Balaban J connectivity index is 1.83. The number of ether oxygens (including phenoxy) is 1. The lowest BCUT2D eigenvalue weighted by Crippen LogP contribution is -2.77. The summed E-state index contributed by atoms with van der Waals surface area (Å²) in [6.45, 7) is 14.1. The minimum absolute atomic E-state index is 0.114. The lowest BCUT2D eigenvalue weighted by molar-refractivity contribution is -0.293. The minimum Gasteiger partial charge on any atom is -0.416 e. The molecule has 0 spiro atoms. The van der Waals surface area contributed by atoms with Gasteiger partial charge < -0.3 is 19.4 Å². The zero-order valence-electron chi connectivity index (χ0n) is 14.2. The van der Waals surface area contributed by atoms with Gasteiger partial charge in [0.1, 0.15) is 5.60 Å². The fourth-order valence-electron chi connectivity index (χ4n) is 4.34. The third-order valence-corrected chi connectivity index (χ3v) is 11.6. The second-order valence-electron chi connectivity index (χ2n) is 9.17. The van der Waals surface area contributed by atoms with Crippen LogP contribution in [-0.2, 0) is 9.16 Å². The van der Waals surface area contributed by atoms with Gasteiger partial charge in [-0.3, -0.25) is 0 Å². The summed E-state index contributed by atoms with van der Waals surface area (Å²) in [4.78, 5) is 0. The number of hydrogen-bond acceptors (Lipinski definition) is 4. The number of hydrogen-bond donors (Lipinski definition) is 2. The van der Waals surface area contributed by atoms with Gasteiger partial charge in [-0.1, -0.05) is 20.8 Å². The Bertz CT molecular complexity index is 460. The van der Waals surface area contributed by atoms with Gasteiger partial charge in [0.2, 0.25) is 0 Å². The van der Waals surface area contributed by atoms with Crippen LogP contribution in [-0.4, -0.2) is 49.1 Å². The highest BCUT2D eigenvalue weighted by Crippen LogP contribution is 2.71. The van der Waals surface area contributed by atoms with Crippen LogP contribution in [0.15, 0.2) is 0 Å². The number of fused-ring (bicyclic) bond motifs is 1. The molecule has 1 saturated heterocycles. The van der Waals surface area contributed by atoms with Crippen molar-refractivity contribution in [3.63, 3.8) is 0 Å². The molecule has 3 saturated carbocycles. The Labute approximate surface area is 129 Å². The molecule has 21 heavy (non-hydrogen) atoms. The summed E-state index contributed by atoms with van der Waals surface area (Å²) in [6.07, 6.45) is 0.802. The second kappa shape index (κ2) is 4.12. The minimum atomic E-state index is -1.87. The third-order valence-electron chi connectivity index (χ3n) is 7.13. The van der Waals surface area contributed by atoms with Crippen LogP contribution in [0.1, 0.15) is 40.5 Å². The first-order valence-corrected chi connectivity index (χ1v) is 11.0. The van der Waals surface area contributed by atoms with E-state index >= 15 is 0 Å². The summed E-state index contributed by atoms with van der Waals surface area (Å²) >= 11 is 0. The molecule has 0 aromatic rings.